The van der Waals surface area contributed by atoms with Crippen LogP contribution in [0.2, 0.25) is 5.02 Å². The monoisotopic (exact) mass is 270 g/mol. The molecule has 0 bridgehead atoms. The third-order valence-corrected chi connectivity index (χ3v) is 2.53. The van der Waals surface area contributed by atoms with Gasteiger partial charge in [-0.05, 0) is 25.1 Å². The summed E-state index contributed by atoms with van der Waals surface area (Å²) < 4.78 is 0. The summed E-state index contributed by atoms with van der Waals surface area (Å²) in [5, 5.41) is 14.6. The zero-order chi connectivity index (χ0) is 13.5. The van der Waals surface area contributed by atoms with Crippen LogP contribution in [-0.4, -0.2) is 30.1 Å². The van der Waals surface area contributed by atoms with Crippen molar-refractivity contribution >= 4 is 29.2 Å². The predicted octanol–water partition coefficient (Wildman–Crippen LogP) is 1.98. The van der Waals surface area contributed by atoms with Gasteiger partial charge < -0.3 is 15.7 Å². The van der Waals surface area contributed by atoms with Crippen LogP contribution in [0.4, 0.5) is 5.69 Å². The predicted molar refractivity (Wildman–Crippen MR) is 70.2 cm³/mol. The van der Waals surface area contributed by atoms with Gasteiger partial charge >= 0.3 is 5.97 Å². The number of nitrogens with one attached hydrogen (secondary N) is 2. The average molecular weight is 271 g/mol. The van der Waals surface area contributed by atoms with E-state index in [0.717, 1.165) is 13.0 Å². The number of anilines is 1. The van der Waals surface area contributed by atoms with Gasteiger partial charge in [-0.25, -0.2) is 4.79 Å². The van der Waals surface area contributed by atoms with Crippen LogP contribution < -0.4 is 10.6 Å². The Bertz CT molecular complexity index is 449. The Morgan fingerprint density at radius 2 is 2.11 bits per heavy atom. The van der Waals surface area contributed by atoms with Gasteiger partial charge in [-0.2, -0.15) is 0 Å². The van der Waals surface area contributed by atoms with Gasteiger partial charge in [-0.1, -0.05) is 24.6 Å². The van der Waals surface area contributed by atoms with E-state index in [-0.39, 0.29) is 28.7 Å². The van der Waals surface area contributed by atoms with Crippen LogP contribution in [0.3, 0.4) is 0 Å². The Morgan fingerprint density at radius 1 is 1.39 bits per heavy atom. The van der Waals surface area contributed by atoms with E-state index in [0.29, 0.717) is 0 Å². The molecule has 0 aliphatic carbocycles. The number of carbonyl (C=O) groups excluding carboxylic acids is 1. The number of hydrogen-bond donors (Lipinski definition) is 3. The highest BCUT2D eigenvalue weighted by atomic mass is 35.5. The van der Waals surface area contributed by atoms with Crippen LogP contribution in [0.5, 0.6) is 0 Å². The first-order chi connectivity index (χ1) is 8.56. The molecule has 0 atom stereocenters. The maximum atomic E-state index is 11.6. The SMILES string of the molecule is CCCNCC(=O)Nc1cccc(Cl)c1C(=O)O. The number of benzene rings is 1. The zero-order valence-electron chi connectivity index (χ0n) is 10.00. The number of hydrogen-bond acceptors (Lipinski definition) is 3. The maximum Gasteiger partial charge on any atom is 0.339 e. The summed E-state index contributed by atoms with van der Waals surface area (Å²) in [5.74, 6) is -1.47. The minimum absolute atomic E-state index is 0.0944. The fraction of sp³-hybridized carbons (Fsp3) is 0.333. The molecule has 18 heavy (non-hydrogen) atoms. The number of halogens is 1. The molecule has 0 aliphatic rings. The Morgan fingerprint density at radius 3 is 2.72 bits per heavy atom. The van der Waals surface area contributed by atoms with Crippen LogP contribution in [0, 0.1) is 0 Å². The van der Waals surface area contributed by atoms with E-state index < -0.39 is 5.97 Å². The van der Waals surface area contributed by atoms with Gasteiger partial charge in [0.15, 0.2) is 0 Å². The van der Waals surface area contributed by atoms with Crippen molar-refractivity contribution in [1.82, 2.24) is 5.32 Å². The van der Waals surface area contributed by atoms with Gasteiger partial charge in [-0.3, -0.25) is 4.79 Å². The molecule has 1 rings (SSSR count). The summed E-state index contributed by atoms with van der Waals surface area (Å²) in [6.07, 6.45) is 0.921. The van der Waals surface area contributed by atoms with Crippen LogP contribution in [-0.2, 0) is 4.79 Å². The van der Waals surface area contributed by atoms with Crippen molar-refractivity contribution in [3.8, 4) is 0 Å². The summed E-state index contributed by atoms with van der Waals surface area (Å²) in [5.41, 5.74) is 0.112. The largest absolute Gasteiger partial charge is 0.478 e. The first kappa shape index (κ1) is 14.5. The second-order valence-electron chi connectivity index (χ2n) is 3.69. The van der Waals surface area contributed by atoms with Gasteiger partial charge in [0.2, 0.25) is 5.91 Å². The lowest BCUT2D eigenvalue weighted by molar-refractivity contribution is -0.115. The number of aromatic carboxylic acids is 1. The molecule has 0 saturated carbocycles. The van der Waals surface area contributed by atoms with E-state index in [1.807, 2.05) is 6.92 Å². The molecule has 0 heterocycles. The van der Waals surface area contributed by atoms with E-state index in [9.17, 15) is 9.59 Å². The minimum Gasteiger partial charge on any atom is -0.478 e. The van der Waals surface area contributed by atoms with Crippen molar-refractivity contribution < 1.29 is 14.7 Å². The molecule has 5 nitrogen and oxygen atoms in total. The highest BCUT2D eigenvalue weighted by molar-refractivity contribution is 6.34. The fourth-order valence-corrected chi connectivity index (χ4v) is 1.67. The van der Waals surface area contributed by atoms with Crippen LogP contribution in [0.25, 0.3) is 0 Å². The van der Waals surface area contributed by atoms with Crippen molar-refractivity contribution in [2.45, 2.75) is 13.3 Å². The quantitative estimate of drug-likeness (QED) is 0.691. The molecule has 98 valence electrons. The molecule has 0 spiro atoms. The van der Waals surface area contributed by atoms with Gasteiger partial charge in [0.1, 0.15) is 5.56 Å². The first-order valence-corrected chi connectivity index (χ1v) is 5.96. The molecule has 3 N–H and O–H groups in total. The Kier molecular flexibility index (Phi) is 5.61. The molecule has 0 aromatic heterocycles. The lowest BCUT2D eigenvalue weighted by Crippen LogP contribution is -2.29. The fourth-order valence-electron chi connectivity index (χ4n) is 1.42. The molecule has 1 amide bonds. The second kappa shape index (κ2) is 6.98. The van der Waals surface area contributed by atoms with Gasteiger partial charge in [0.25, 0.3) is 0 Å². The molecule has 1 aromatic rings. The van der Waals surface area contributed by atoms with Crippen molar-refractivity contribution in [2.75, 3.05) is 18.4 Å². The van der Waals surface area contributed by atoms with Gasteiger partial charge in [-0.15, -0.1) is 0 Å². The van der Waals surface area contributed by atoms with Crippen LogP contribution in [0.1, 0.15) is 23.7 Å². The van der Waals surface area contributed by atoms with E-state index in [4.69, 9.17) is 16.7 Å². The Labute approximate surface area is 110 Å². The molecule has 0 saturated heterocycles. The first-order valence-electron chi connectivity index (χ1n) is 5.58. The van der Waals surface area contributed by atoms with Crippen molar-refractivity contribution in [1.29, 1.82) is 0 Å². The molecule has 6 heteroatoms. The Balaban J connectivity index is 2.75. The number of carboxylic acids is 1. The average Bonchev–Trinajstić information content (AvgIpc) is 2.28. The third-order valence-electron chi connectivity index (χ3n) is 2.21. The van der Waals surface area contributed by atoms with Crippen molar-refractivity contribution in [2.24, 2.45) is 0 Å². The molecule has 0 fully saturated rings. The number of amides is 1. The van der Waals surface area contributed by atoms with E-state index in [1.54, 1.807) is 6.07 Å². The molecular weight excluding hydrogens is 256 g/mol. The van der Waals surface area contributed by atoms with E-state index >= 15 is 0 Å². The van der Waals surface area contributed by atoms with Gasteiger partial charge in [0.05, 0.1) is 17.3 Å². The highest BCUT2D eigenvalue weighted by Gasteiger charge is 2.15. The molecule has 0 unspecified atom stereocenters. The zero-order valence-corrected chi connectivity index (χ0v) is 10.8. The lowest BCUT2D eigenvalue weighted by atomic mass is 10.1. The van der Waals surface area contributed by atoms with Crippen LogP contribution >= 0.6 is 11.6 Å². The van der Waals surface area contributed by atoms with E-state index in [1.165, 1.54) is 12.1 Å². The lowest BCUT2D eigenvalue weighted by Gasteiger charge is -2.10. The maximum absolute atomic E-state index is 11.6. The topological polar surface area (TPSA) is 78.4 Å². The highest BCUT2D eigenvalue weighted by Crippen LogP contribution is 2.24. The van der Waals surface area contributed by atoms with Crippen LogP contribution in [0.15, 0.2) is 18.2 Å². The van der Waals surface area contributed by atoms with Crippen molar-refractivity contribution in [3.63, 3.8) is 0 Å². The summed E-state index contributed by atoms with van der Waals surface area (Å²) >= 11 is 5.79. The smallest absolute Gasteiger partial charge is 0.339 e. The molecular formula is C12H15ClN2O3. The standard InChI is InChI=1S/C12H15ClN2O3/c1-2-6-14-7-10(16)15-9-5-3-4-8(13)11(9)12(17)18/h3-5,14H,2,6-7H2,1H3,(H,15,16)(H,17,18). The molecule has 0 aliphatic heterocycles. The summed E-state index contributed by atoms with van der Waals surface area (Å²) in [4.78, 5) is 22.6. The normalized spacial score (nSPS) is 10.1. The summed E-state index contributed by atoms with van der Waals surface area (Å²) in [6, 6.07) is 4.56. The number of carbonyl (C=O) groups is 2. The summed E-state index contributed by atoms with van der Waals surface area (Å²) in [6.45, 7) is 2.86. The number of carboxylic acid groups (broad SMARTS) is 1. The number of rotatable bonds is 6. The molecule has 0 radical (unpaired) electrons. The summed E-state index contributed by atoms with van der Waals surface area (Å²) in [7, 11) is 0. The minimum atomic E-state index is -1.17. The second-order valence-corrected chi connectivity index (χ2v) is 4.10. The van der Waals surface area contributed by atoms with E-state index in [2.05, 4.69) is 10.6 Å². The van der Waals surface area contributed by atoms with Gasteiger partial charge in [0, 0.05) is 0 Å². The third kappa shape index (κ3) is 4.01. The molecule has 1 aromatic carbocycles. The van der Waals surface area contributed by atoms with Crippen molar-refractivity contribution in [3.05, 3.63) is 28.8 Å². The Hall–Kier alpha value is -1.59.